The van der Waals surface area contributed by atoms with E-state index in [1.54, 1.807) is 23.5 Å². The van der Waals surface area contributed by atoms with Gasteiger partial charge in [0.2, 0.25) is 0 Å². The molecule has 2 heterocycles. The van der Waals surface area contributed by atoms with Crippen molar-refractivity contribution in [2.75, 3.05) is 19.6 Å². The number of nitrogens with zero attached hydrogens (tertiary/aromatic N) is 2. The van der Waals surface area contributed by atoms with Gasteiger partial charge in [-0.25, -0.2) is 9.37 Å². The summed E-state index contributed by atoms with van der Waals surface area (Å²) in [5.74, 6) is -0.181. The van der Waals surface area contributed by atoms with Crippen LogP contribution in [0.4, 0.5) is 4.39 Å². The van der Waals surface area contributed by atoms with Crippen LogP contribution >= 0.6 is 11.3 Å². The maximum atomic E-state index is 13.3. The summed E-state index contributed by atoms with van der Waals surface area (Å²) in [6.07, 6.45) is 3.69. The first-order chi connectivity index (χ1) is 10.3. The van der Waals surface area contributed by atoms with Gasteiger partial charge in [-0.2, -0.15) is 0 Å². The lowest BCUT2D eigenvalue weighted by Gasteiger charge is -2.28. The second kappa shape index (κ2) is 6.81. The Balaban J connectivity index is 1.75. The van der Waals surface area contributed by atoms with Gasteiger partial charge < -0.3 is 5.32 Å². The number of thiazole rings is 1. The van der Waals surface area contributed by atoms with Crippen LogP contribution in [-0.2, 0) is 6.54 Å². The lowest BCUT2D eigenvalue weighted by Crippen LogP contribution is -2.35. The van der Waals surface area contributed by atoms with E-state index in [1.807, 2.05) is 0 Å². The van der Waals surface area contributed by atoms with Crippen LogP contribution in [0.25, 0.3) is 10.2 Å². The molecule has 0 amide bonds. The van der Waals surface area contributed by atoms with Crippen molar-refractivity contribution < 1.29 is 4.39 Å². The molecule has 0 radical (unpaired) electrons. The lowest BCUT2D eigenvalue weighted by atomic mass is 10.1. The molecule has 3 rings (SSSR count). The Hall–Kier alpha value is -1.04. The first-order valence-electron chi connectivity index (χ1n) is 7.76. The molecule has 21 heavy (non-hydrogen) atoms. The third-order valence-electron chi connectivity index (χ3n) is 4.20. The molecule has 1 unspecified atom stereocenters. The first kappa shape index (κ1) is 14.9. The van der Waals surface area contributed by atoms with Crippen LogP contribution in [0.5, 0.6) is 0 Å². The molecule has 1 atom stereocenters. The van der Waals surface area contributed by atoms with Gasteiger partial charge in [-0.3, -0.25) is 4.90 Å². The largest absolute Gasteiger partial charge is 0.317 e. The van der Waals surface area contributed by atoms with Crippen molar-refractivity contribution in [1.29, 1.82) is 0 Å². The second-order valence-corrected chi connectivity index (χ2v) is 6.73. The van der Waals surface area contributed by atoms with Crippen molar-refractivity contribution in [3.63, 3.8) is 0 Å². The van der Waals surface area contributed by atoms with E-state index in [0.29, 0.717) is 6.04 Å². The van der Waals surface area contributed by atoms with E-state index in [1.165, 1.54) is 25.3 Å². The van der Waals surface area contributed by atoms with Gasteiger partial charge in [0.15, 0.2) is 0 Å². The molecule has 1 aliphatic rings. The van der Waals surface area contributed by atoms with Gasteiger partial charge in [0.25, 0.3) is 0 Å². The predicted octanol–water partition coefficient (Wildman–Crippen LogP) is 3.40. The molecule has 0 aliphatic carbocycles. The van der Waals surface area contributed by atoms with E-state index in [0.717, 1.165) is 41.4 Å². The summed E-state index contributed by atoms with van der Waals surface area (Å²) >= 11 is 1.62. The van der Waals surface area contributed by atoms with Crippen LogP contribution < -0.4 is 5.32 Å². The SMILES string of the molecule is CCN(Cc1nc2ccc(F)cc2s1)C1CCCNCC1. The molecule has 0 saturated carbocycles. The van der Waals surface area contributed by atoms with Gasteiger partial charge in [0.1, 0.15) is 10.8 Å². The van der Waals surface area contributed by atoms with Gasteiger partial charge in [0, 0.05) is 6.04 Å². The van der Waals surface area contributed by atoms with E-state index in [4.69, 9.17) is 0 Å². The lowest BCUT2D eigenvalue weighted by molar-refractivity contribution is 0.182. The summed E-state index contributed by atoms with van der Waals surface area (Å²) in [6, 6.07) is 5.48. The molecule has 0 spiro atoms. The molecule has 2 aromatic rings. The summed E-state index contributed by atoms with van der Waals surface area (Å²) in [6.45, 7) is 6.36. The van der Waals surface area contributed by atoms with Gasteiger partial charge >= 0.3 is 0 Å². The summed E-state index contributed by atoms with van der Waals surface area (Å²) in [5.41, 5.74) is 0.912. The van der Waals surface area contributed by atoms with Gasteiger partial charge in [-0.15, -0.1) is 11.3 Å². The van der Waals surface area contributed by atoms with Gasteiger partial charge in [-0.05, 0) is 57.1 Å². The molecular formula is C16H22FN3S. The summed E-state index contributed by atoms with van der Waals surface area (Å²) in [5, 5.41) is 4.56. The van der Waals surface area contributed by atoms with E-state index < -0.39 is 0 Å². The average Bonchev–Trinajstić information content (AvgIpc) is 2.70. The van der Waals surface area contributed by atoms with Crippen molar-refractivity contribution in [2.45, 2.75) is 38.8 Å². The van der Waals surface area contributed by atoms with E-state index >= 15 is 0 Å². The molecule has 1 aromatic carbocycles. The highest BCUT2D eigenvalue weighted by atomic mass is 32.1. The van der Waals surface area contributed by atoms with Crippen molar-refractivity contribution in [3.05, 3.63) is 29.0 Å². The number of hydrogen-bond acceptors (Lipinski definition) is 4. The highest BCUT2D eigenvalue weighted by molar-refractivity contribution is 7.18. The molecule has 5 heteroatoms. The number of halogens is 1. The van der Waals surface area contributed by atoms with Crippen molar-refractivity contribution in [1.82, 2.24) is 15.2 Å². The van der Waals surface area contributed by atoms with Crippen LogP contribution in [-0.4, -0.2) is 35.6 Å². The number of benzene rings is 1. The summed E-state index contributed by atoms with van der Waals surface area (Å²) in [7, 11) is 0. The fourth-order valence-corrected chi connectivity index (χ4v) is 4.07. The molecular weight excluding hydrogens is 285 g/mol. The van der Waals surface area contributed by atoms with E-state index in [-0.39, 0.29) is 5.82 Å². The summed E-state index contributed by atoms with van der Waals surface area (Å²) in [4.78, 5) is 7.17. The number of nitrogens with one attached hydrogen (secondary N) is 1. The maximum Gasteiger partial charge on any atom is 0.124 e. The normalized spacial score (nSPS) is 20.0. The standard InChI is InChI=1S/C16H22FN3S/c1-2-20(13-4-3-8-18-9-7-13)11-16-19-14-6-5-12(17)10-15(14)21-16/h5-6,10,13,18H,2-4,7-9,11H2,1H3. The molecule has 3 nitrogen and oxygen atoms in total. The number of rotatable bonds is 4. The van der Waals surface area contributed by atoms with E-state index in [2.05, 4.69) is 22.1 Å². The highest BCUT2D eigenvalue weighted by Crippen LogP contribution is 2.25. The fraction of sp³-hybridized carbons (Fsp3) is 0.562. The van der Waals surface area contributed by atoms with Crippen molar-refractivity contribution in [3.8, 4) is 0 Å². The number of aromatic nitrogens is 1. The van der Waals surface area contributed by atoms with Crippen molar-refractivity contribution >= 4 is 21.6 Å². The Bertz CT molecular complexity index is 590. The highest BCUT2D eigenvalue weighted by Gasteiger charge is 2.20. The van der Waals surface area contributed by atoms with Gasteiger partial charge in [-0.1, -0.05) is 6.92 Å². The molecule has 0 bridgehead atoms. The van der Waals surface area contributed by atoms with E-state index in [9.17, 15) is 4.39 Å². The Kier molecular flexibility index (Phi) is 4.83. The first-order valence-corrected chi connectivity index (χ1v) is 8.57. The molecule has 1 aromatic heterocycles. The third-order valence-corrected chi connectivity index (χ3v) is 5.20. The maximum absolute atomic E-state index is 13.3. The zero-order valence-corrected chi connectivity index (χ0v) is 13.3. The molecule has 1 saturated heterocycles. The zero-order valence-electron chi connectivity index (χ0n) is 12.4. The Morgan fingerprint density at radius 1 is 1.38 bits per heavy atom. The summed E-state index contributed by atoms with van der Waals surface area (Å²) < 4.78 is 14.2. The van der Waals surface area contributed by atoms with Crippen LogP contribution in [0.1, 0.15) is 31.2 Å². The van der Waals surface area contributed by atoms with Crippen LogP contribution in [0.2, 0.25) is 0 Å². The second-order valence-electron chi connectivity index (χ2n) is 5.62. The Morgan fingerprint density at radius 2 is 2.29 bits per heavy atom. The molecule has 1 aliphatic heterocycles. The quantitative estimate of drug-likeness (QED) is 0.938. The molecule has 114 valence electrons. The Labute approximate surface area is 129 Å². The number of fused-ring (bicyclic) bond motifs is 1. The predicted molar refractivity (Wildman–Crippen MR) is 86.2 cm³/mol. The third kappa shape index (κ3) is 3.59. The van der Waals surface area contributed by atoms with Gasteiger partial charge in [0.05, 0.1) is 16.8 Å². The number of hydrogen-bond donors (Lipinski definition) is 1. The van der Waals surface area contributed by atoms with Crippen LogP contribution in [0.3, 0.4) is 0 Å². The molecule has 1 fully saturated rings. The smallest absolute Gasteiger partial charge is 0.124 e. The zero-order chi connectivity index (χ0) is 14.7. The fourth-order valence-electron chi connectivity index (χ4n) is 3.05. The average molecular weight is 307 g/mol. The monoisotopic (exact) mass is 307 g/mol. The minimum atomic E-state index is -0.181. The van der Waals surface area contributed by atoms with Crippen LogP contribution in [0, 0.1) is 5.82 Å². The van der Waals surface area contributed by atoms with Crippen LogP contribution in [0.15, 0.2) is 18.2 Å². The molecule has 1 N–H and O–H groups in total. The van der Waals surface area contributed by atoms with Crippen molar-refractivity contribution in [2.24, 2.45) is 0 Å². The minimum Gasteiger partial charge on any atom is -0.317 e. The Morgan fingerprint density at radius 3 is 3.14 bits per heavy atom. The topological polar surface area (TPSA) is 28.2 Å². The minimum absolute atomic E-state index is 0.181.